The fourth-order valence-electron chi connectivity index (χ4n) is 3.02. The van der Waals surface area contributed by atoms with Crippen LogP contribution in [-0.4, -0.2) is 21.5 Å². The molecule has 0 spiro atoms. The summed E-state index contributed by atoms with van der Waals surface area (Å²) in [5.74, 6) is 0.0978. The Morgan fingerprint density at radius 1 is 1.50 bits per heavy atom. The summed E-state index contributed by atoms with van der Waals surface area (Å²) in [6, 6.07) is 4.86. The van der Waals surface area contributed by atoms with Crippen molar-refractivity contribution in [3.63, 3.8) is 0 Å². The molecule has 1 fully saturated rings. The molecule has 0 unspecified atom stereocenters. The predicted molar refractivity (Wildman–Crippen MR) is 86.5 cm³/mol. The maximum absolute atomic E-state index is 13.7. The van der Waals surface area contributed by atoms with Gasteiger partial charge in [0.05, 0.1) is 5.52 Å². The van der Waals surface area contributed by atoms with Gasteiger partial charge >= 0.3 is 0 Å². The molecule has 1 amide bonds. The number of amides is 1. The zero-order chi connectivity index (χ0) is 15.0. The summed E-state index contributed by atoms with van der Waals surface area (Å²) in [6.07, 6.45) is 3.45. The average Bonchev–Trinajstić information content (AvgIpc) is 2.97. The molecule has 7 heteroatoms. The maximum Gasteiger partial charge on any atom is 0.227 e. The van der Waals surface area contributed by atoms with Crippen LogP contribution in [0.2, 0.25) is 0 Å². The first-order valence-electron chi connectivity index (χ1n) is 7.22. The molecule has 2 atom stereocenters. The van der Waals surface area contributed by atoms with E-state index in [1.165, 1.54) is 6.07 Å². The van der Waals surface area contributed by atoms with Crippen molar-refractivity contribution in [2.24, 2.45) is 18.7 Å². The number of para-hydroxylation sites is 1. The van der Waals surface area contributed by atoms with Crippen molar-refractivity contribution in [1.82, 2.24) is 9.55 Å². The molecule has 1 aromatic heterocycles. The van der Waals surface area contributed by atoms with Crippen LogP contribution in [0.5, 0.6) is 0 Å². The molecule has 3 N–H and O–H groups in total. The third-order valence-electron chi connectivity index (χ3n) is 4.28. The second-order valence-electron chi connectivity index (χ2n) is 5.71. The predicted octanol–water partition coefficient (Wildman–Crippen LogP) is 2.59. The quantitative estimate of drug-likeness (QED) is 0.910. The van der Waals surface area contributed by atoms with Crippen molar-refractivity contribution in [2.45, 2.75) is 31.7 Å². The van der Waals surface area contributed by atoms with Crippen molar-refractivity contribution in [2.75, 3.05) is 5.32 Å². The highest BCUT2D eigenvalue weighted by Crippen LogP contribution is 2.27. The van der Waals surface area contributed by atoms with E-state index in [9.17, 15) is 9.18 Å². The minimum Gasteiger partial charge on any atom is -0.327 e. The average molecular weight is 327 g/mol. The van der Waals surface area contributed by atoms with Crippen LogP contribution >= 0.6 is 12.4 Å². The van der Waals surface area contributed by atoms with Crippen LogP contribution < -0.4 is 11.1 Å². The number of benzene rings is 1. The van der Waals surface area contributed by atoms with Gasteiger partial charge in [-0.15, -0.1) is 12.4 Å². The van der Waals surface area contributed by atoms with E-state index < -0.39 is 0 Å². The third-order valence-corrected chi connectivity index (χ3v) is 4.28. The smallest absolute Gasteiger partial charge is 0.227 e. The molecular weight excluding hydrogens is 307 g/mol. The molecule has 1 aliphatic rings. The van der Waals surface area contributed by atoms with Gasteiger partial charge in [0.2, 0.25) is 11.9 Å². The summed E-state index contributed by atoms with van der Waals surface area (Å²) >= 11 is 0. The maximum atomic E-state index is 13.7. The van der Waals surface area contributed by atoms with Gasteiger partial charge in [0.15, 0.2) is 5.82 Å². The Labute approximate surface area is 134 Å². The molecule has 120 valence electrons. The zero-order valence-electron chi connectivity index (χ0n) is 12.4. The zero-order valence-corrected chi connectivity index (χ0v) is 13.2. The van der Waals surface area contributed by atoms with Gasteiger partial charge in [-0.2, -0.15) is 0 Å². The van der Waals surface area contributed by atoms with E-state index in [1.54, 1.807) is 23.7 Å². The van der Waals surface area contributed by atoms with E-state index in [0.717, 1.165) is 19.3 Å². The van der Waals surface area contributed by atoms with Crippen molar-refractivity contribution in [1.29, 1.82) is 0 Å². The van der Waals surface area contributed by atoms with Crippen LogP contribution in [0, 0.1) is 11.7 Å². The molecular formula is C15H20ClFN4O. The largest absolute Gasteiger partial charge is 0.327 e. The molecule has 3 rings (SSSR count). The van der Waals surface area contributed by atoms with E-state index in [-0.39, 0.29) is 41.6 Å². The van der Waals surface area contributed by atoms with E-state index in [0.29, 0.717) is 17.9 Å². The Morgan fingerprint density at radius 2 is 2.27 bits per heavy atom. The summed E-state index contributed by atoms with van der Waals surface area (Å²) in [6.45, 7) is 0. The molecule has 0 bridgehead atoms. The summed E-state index contributed by atoms with van der Waals surface area (Å²) in [5.41, 5.74) is 6.91. The van der Waals surface area contributed by atoms with Crippen molar-refractivity contribution >= 4 is 35.3 Å². The Hall–Kier alpha value is -1.66. The number of hydrogen-bond acceptors (Lipinski definition) is 3. The minimum atomic E-state index is -0.388. The van der Waals surface area contributed by atoms with E-state index in [2.05, 4.69) is 10.3 Å². The molecule has 1 saturated carbocycles. The van der Waals surface area contributed by atoms with Crippen LogP contribution in [-0.2, 0) is 11.8 Å². The number of aryl methyl sites for hydroxylation is 1. The number of halogens is 2. The first-order chi connectivity index (χ1) is 10.1. The molecule has 0 saturated heterocycles. The monoisotopic (exact) mass is 326 g/mol. The first kappa shape index (κ1) is 16.7. The summed E-state index contributed by atoms with van der Waals surface area (Å²) in [4.78, 5) is 16.3. The molecule has 0 radical (unpaired) electrons. The lowest BCUT2D eigenvalue weighted by molar-refractivity contribution is -0.117. The number of hydrogen-bond donors (Lipinski definition) is 2. The molecule has 2 aromatic rings. The minimum absolute atomic E-state index is 0. The molecule has 5 nitrogen and oxygen atoms in total. The van der Waals surface area contributed by atoms with E-state index in [4.69, 9.17) is 5.73 Å². The number of nitrogens with zero attached hydrogens (tertiary/aromatic N) is 2. The van der Waals surface area contributed by atoms with Gasteiger partial charge in [-0.25, -0.2) is 9.37 Å². The van der Waals surface area contributed by atoms with Crippen LogP contribution in [0.15, 0.2) is 18.2 Å². The van der Waals surface area contributed by atoms with Crippen LogP contribution in [0.1, 0.15) is 25.7 Å². The molecule has 1 aromatic carbocycles. The third kappa shape index (κ3) is 3.08. The topological polar surface area (TPSA) is 72.9 Å². The Kier molecular flexibility index (Phi) is 5.03. The molecule has 1 heterocycles. The first-order valence-corrected chi connectivity index (χ1v) is 7.22. The standard InChI is InChI=1S/C15H19FN4O.ClH/c1-20-12-7-3-5-10(16)14(12)19-15(20)18-13(21)8-9-4-2-6-11(9)17;/h3,5,7,9,11H,2,4,6,8,17H2,1H3,(H,18,19,21);1H/t9-,11+;/m0./s1. The normalized spacial score (nSPS) is 20.9. The Morgan fingerprint density at radius 3 is 2.91 bits per heavy atom. The van der Waals surface area contributed by atoms with Gasteiger partial charge in [-0.1, -0.05) is 12.5 Å². The SMILES string of the molecule is Cl.Cn1c(NC(=O)C[C@@H]2CCC[C@H]2N)nc2c(F)cccc21. The number of fused-ring (bicyclic) bond motifs is 1. The highest BCUT2D eigenvalue weighted by molar-refractivity contribution is 5.91. The Balaban J connectivity index is 0.00000176. The number of aromatic nitrogens is 2. The van der Waals surface area contributed by atoms with Gasteiger partial charge in [-0.05, 0) is 30.9 Å². The lowest BCUT2D eigenvalue weighted by Gasteiger charge is -2.14. The summed E-state index contributed by atoms with van der Waals surface area (Å²) < 4.78 is 15.4. The number of rotatable bonds is 3. The number of carbonyl (C=O) groups is 1. The molecule has 22 heavy (non-hydrogen) atoms. The number of anilines is 1. The van der Waals surface area contributed by atoms with Crippen LogP contribution in [0.25, 0.3) is 11.0 Å². The van der Waals surface area contributed by atoms with Gasteiger partial charge in [0.1, 0.15) is 5.52 Å². The Bertz CT molecular complexity index is 687. The lowest BCUT2D eigenvalue weighted by Crippen LogP contribution is -2.28. The lowest BCUT2D eigenvalue weighted by atomic mass is 10.00. The summed E-state index contributed by atoms with van der Waals surface area (Å²) in [7, 11) is 1.76. The fourth-order valence-corrected chi connectivity index (χ4v) is 3.02. The molecule has 0 aliphatic heterocycles. The second kappa shape index (κ2) is 6.62. The van der Waals surface area contributed by atoms with Crippen LogP contribution in [0.4, 0.5) is 10.3 Å². The number of nitrogens with two attached hydrogens (primary N) is 1. The second-order valence-corrected chi connectivity index (χ2v) is 5.71. The van der Waals surface area contributed by atoms with Crippen molar-refractivity contribution < 1.29 is 9.18 Å². The van der Waals surface area contributed by atoms with Gasteiger partial charge in [0, 0.05) is 19.5 Å². The van der Waals surface area contributed by atoms with E-state index in [1.807, 2.05) is 0 Å². The van der Waals surface area contributed by atoms with Gasteiger partial charge in [0.25, 0.3) is 0 Å². The van der Waals surface area contributed by atoms with Crippen molar-refractivity contribution in [3.05, 3.63) is 24.0 Å². The summed E-state index contributed by atoms with van der Waals surface area (Å²) in [5, 5.41) is 2.76. The van der Waals surface area contributed by atoms with Crippen molar-refractivity contribution in [3.8, 4) is 0 Å². The number of carbonyl (C=O) groups excluding carboxylic acids is 1. The fraction of sp³-hybridized carbons (Fsp3) is 0.467. The highest BCUT2D eigenvalue weighted by Gasteiger charge is 2.26. The highest BCUT2D eigenvalue weighted by atomic mass is 35.5. The van der Waals surface area contributed by atoms with Gasteiger partial charge in [-0.3, -0.25) is 10.1 Å². The molecule has 1 aliphatic carbocycles. The number of imidazole rings is 1. The van der Waals surface area contributed by atoms with Gasteiger partial charge < -0.3 is 10.3 Å². The van der Waals surface area contributed by atoms with E-state index >= 15 is 0 Å². The number of nitrogens with one attached hydrogen (secondary N) is 1. The van der Waals surface area contributed by atoms with Crippen LogP contribution in [0.3, 0.4) is 0 Å².